The summed E-state index contributed by atoms with van der Waals surface area (Å²) in [6.07, 6.45) is -0.0360. The first-order valence-corrected chi connectivity index (χ1v) is 9.66. The summed E-state index contributed by atoms with van der Waals surface area (Å²) >= 11 is 0. The maximum atomic E-state index is 13.8. The Morgan fingerprint density at radius 2 is 1.97 bits per heavy atom. The second kappa shape index (κ2) is 7.83. The van der Waals surface area contributed by atoms with Crippen molar-refractivity contribution in [3.63, 3.8) is 0 Å². The van der Waals surface area contributed by atoms with Gasteiger partial charge in [-0.1, -0.05) is 30.3 Å². The van der Waals surface area contributed by atoms with E-state index < -0.39 is 24.6 Å². The Morgan fingerprint density at radius 3 is 2.59 bits per heavy atom. The Kier molecular flexibility index (Phi) is 5.24. The highest BCUT2D eigenvalue weighted by molar-refractivity contribution is 6.02. The zero-order chi connectivity index (χ0) is 20.5. The van der Waals surface area contributed by atoms with E-state index in [1.54, 1.807) is 6.07 Å². The molecular weight excluding hydrogens is 375 g/mol. The van der Waals surface area contributed by atoms with Crippen LogP contribution in [0.5, 0.6) is 5.75 Å². The SMILES string of the molecule is CNC(=O)c1cc(C(=O)N[C@@H]2C[C@H]2CO)cc2c1O[C@H](CF)[C@H]2c1ccccc1. The van der Waals surface area contributed by atoms with E-state index in [1.807, 2.05) is 30.3 Å². The number of hydrogen-bond donors (Lipinski definition) is 3. The smallest absolute Gasteiger partial charge is 0.254 e. The molecule has 7 heteroatoms. The van der Waals surface area contributed by atoms with Crippen LogP contribution in [0.2, 0.25) is 0 Å². The molecule has 0 unspecified atom stereocenters. The van der Waals surface area contributed by atoms with Crippen LogP contribution in [0.3, 0.4) is 0 Å². The molecule has 1 aliphatic heterocycles. The van der Waals surface area contributed by atoms with Crippen molar-refractivity contribution in [2.24, 2.45) is 5.92 Å². The molecule has 1 saturated carbocycles. The zero-order valence-corrected chi connectivity index (χ0v) is 16.0. The molecule has 6 nitrogen and oxygen atoms in total. The van der Waals surface area contributed by atoms with Crippen LogP contribution in [0.15, 0.2) is 42.5 Å². The van der Waals surface area contributed by atoms with E-state index in [4.69, 9.17) is 4.74 Å². The topological polar surface area (TPSA) is 87.7 Å². The number of carbonyl (C=O) groups is 2. The Hall–Kier alpha value is -2.93. The summed E-state index contributed by atoms with van der Waals surface area (Å²) in [5.74, 6) is -0.755. The lowest BCUT2D eigenvalue weighted by Gasteiger charge is -2.16. The lowest BCUT2D eigenvalue weighted by molar-refractivity contribution is 0.0947. The van der Waals surface area contributed by atoms with Gasteiger partial charge in [-0.3, -0.25) is 9.59 Å². The van der Waals surface area contributed by atoms with E-state index in [2.05, 4.69) is 10.6 Å². The minimum atomic E-state index is -0.767. The standard InChI is InChI=1S/C22H23FN2O4/c1-24-22(28)16-8-13(21(27)25-17-9-14(17)11-26)7-15-19(12-5-3-2-4-6-12)18(10-23)29-20(15)16/h2-8,14,17-19,26H,9-11H2,1H3,(H,24,28)(H,25,27)/t14-,17+,18+,19-/m0/s1. The minimum Gasteiger partial charge on any atom is -0.486 e. The molecule has 29 heavy (non-hydrogen) atoms. The summed E-state index contributed by atoms with van der Waals surface area (Å²) in [5, 5.41) is 14.6. The molecular formula is C22H23FN2O4. The molecule has 2 aromatic carbocycles. The van der Waals surface area contributed by atoms with E-state index in [1.165, 1.54) is 13.1 Å². The molecule has 3 N–H and O–H groups in total. The highest BCUT2D eigenvalue weighted by Crippen LogP contribution is 2.45. The molecule has 2 amide bonds. The van der Waals surface area contributed by atoms with E-state index in [-0.39, 0.29) is 30.0 Å². The summed E-state index contributed by atoms with van der Waals surface area (Å²) in [7, 11) is 1.49. The Balaban J connectivity index is 1.76. The maximum Gasteiger partial charge on any atom is 0.254 e. The lowest BCUT2D eigenvalue weighted by Crippen LogP contribution is -2.28. The first-order valence-electron chi connectivity index (χ1n) is 9.66. The van der Waals surface area contributed by atoms with Gasteiger partial charge in [0.1, 0.15) is 18.5 Å². The van der Waals surface area contributed by atoms with Gasteiger partial charge in [-0.25, -0.2) is 4.39 Å². The predicted octanol–water partition coefficient (Wildman–Crippen LogP) is 2.02. The number of ether oxygens (including phenoxy) is 1. The molecule has 4 rings (SSSR count). The van der Waals surface area contributed by atoms with Gasteiger partial charge in [0.2, 0.25) is 0 Å². The molecule has 0 saturated heterocycles. The fraction of sp³-hybridized carbons (Fsp3) is 0.364. The molecule has 2 aliphatic rings. The average Bonchev–Trinajstić information content (AvgIpc) is 3.40. The van der Waals surface area contributed by atoms with Gasteiger partial charge in [-0.05, 0) is 24.1 Å². The van der Waals surface area contributed by atoms with Gasteiger partial charge < -0.3 is 20.5 Å². The van der Waals surface area contributed by atoms with E-state index >= 15 is 0 Å². The van der Waals surface area contributed by atoms with E-state index in [0.717, 1.165) is 12.0 Å². The Morgan fingerprint density at radius 1 is 1.21 bits per heavy atom. The first kappa shape index (κ1) is 19.4. The molecule has 0 spiro atoms. The number of alkyl halides is 1. The van der Waals surface area contributed by atoms with Crippen LogP contribution in [0.1, 0.15) is 44.2 Å². The zero-order valence-electron chi connectivity index (χ0n) is 16.0. The number of halogens is 1. The molecule has 0 radical (unpaired) electrons. The summed E-state index contributed by atoms with van der Waals surface area (Å²) in [5.41, 5.74) is 2.01. The van der Waals surface area contributed by atoms with Crippen LogP contribution in [-0.4, -0.2) is 49.4 Å². The first-order chi connectivity index (χ1) is 14.1. The van der Waals surface area contributed by atoms with Crippen molar-refractivity contribution < 1.29 is 23.8 Å². The van der Waals surface area contributed by atoms with Crippen molar-refractivity contribution in [2.75, 3.05) is 20.3 Å². The van der Waals surface area contributed by atoms with Gasteiger partial charge in [-0.2, -0.15) is 0 Å². The van der Waals surface area contributed by atoms with Crippen LogP contribution in [0.25, 0.3) is 0 Å². The van der Waals surface area contributed by atoms with E-state index in [9.17, 15) is 19.1 Å². The Labute approximate surface area is 168 Å². The van der Waals surface area contributed by atoms with Crippen LogP contribution in [0, 0.1) is 5.92 Å². The summed E-state index contributed by atoms with van der Waals surface area (Å²) in [4.78, 5) is 25.2. The van der Waals surface area contributed by atoms with Crippen LogP contribution >= 0.6 is 0 Å². The molecule has 152 valence electrons. The maximum absolute atomic E-state index is 13.8. The third-order valence-corrected chi connectivity index (χ3v) is 5.61. The molecule has 0 aromatic heterocycles. The number of aliphatic hydroxyl groups is 1. The molecule has 1 heterocycles. The van der Waals surface area contributed by atoms with Crippen molar-refractivity contribution in [1.82, 2.24) is 10.6 Å². The van der Waals surface area contributed by atoms with Crippen molar-refractivity contribution in [3.05, 3.63) is 64.7 Å². The van der Waals surface area contributed by atoms with Crippen molar-refractivity contribution in [3.8, 4) is 5.75 Å². The van der Waals surface area contributed by atoms with Crippen LogP contribution in [0.4, 0.5) is 4.39 Å². The number of amides is 2. The van der Waals surface area contributed by atoms with Gasteiger partial charge in [-0.15, -0.1) is 0 Å². The number of nitrogens with one attached hydrogen (secondary N) is 2. The molecule has 4 atom stereocenters. The number of rotatable bonds is 6. The molecule has 1 aliphatic carbocycles. The third kappa shape index (κ3) is 3.58. The highest BCUT2D eigenvalue weighted by Gasteiger charge is 2.40. The number of fused-ring (bicyclic) bond motifs is 1. The third-order valence-electron chi connectivity index (χ3n) is 5.61. The second-order valence-corrected chi connectivity index (χ2v) is 7.48. The van der Waals surface area contributed by atoms with Gasteiger partial charge in [0.15, 0.2) is 0 Å². The highest BCUT2D eigenvalue weighted by atomic mass is 19.1. The number of hydrogen-bond acceptors (Lipinski definition) is 4. The van der Waals surface area contributed by atoms with Gasteiger partial charge in [0.05, 0.1) is 11.5 Å². The van der Waals surface area contributed by atoms with Crippen molar-refractivity contribution in [1.29, 1.82) is 0 Å². The van der Waals surface area contributed by atoms with E-state index in [0.29, 0.717) is 16.9 Å². The minimum absolute atomic E-state index is 0.0285. The monoisotopic (exact) mass is 398 g/mol. The Bertz CT molecular complexity index is 934. The number of carbonyl (C=O) groups excluding carboxylic acids is 2. The summed E-state index contributed by atoms with van der Waals surface area (Å²) < 4.78 is 19.6. The molecule has 0 bridgehead atoms. The van der Waals surface area contributed by atoms with Crippen molar-refractivity contribution in [2.45, 2.75) is 24.5 Å². The number of benzene rings is 2. The molecule has 1 fully saturated rings. The van der Waals surface area contributed by atoms with Crippen molar-refractivity contribution >= 4 is 11.8 Å². The fourth-order valence-electron chi connectivity index (χ4n) is 3.92. The average molecular weight is 398 g/mol. The largest absolute Gasteiger partial charge is 0.486 e. The van der Waals surface area contributed by atoms with Gasteiger partial charge in [0.25, 0.3) is 11.8 Å². The fourth-order valence-corrected chi connectivity index (χ4v) is 3.92. The summed E-state index contributed by atoms with van der Waals surface area (Å²) in [6, 6.07) is 12.5. The van der Waals surface area contributed by atoms with Crippen LogP contribution in [-0.2, 0) is 0 Å². The van der Waals surface area contributed by atoms with Gasteiger partial charge >= 0.3 is 0 Å². The predicted molar refractivity (Wildman–Crippen MR) is 105 cm³/mol. The quantitative estimate of drug-likeness (QED) is 0.695. The number of aliphatic hydroxyl groups excluding tert-OH is 1. The molecule has 2 aromatic rings. The lowest BCUT2D eigenvalue weighted by atomic mass is 9.86. The van der Waals surface area contributed by atoms with Gasteiger partial charge in [0, 0.05) is 36.7 Å². The summed E-state index contributed by atoms with van der Waals surface area (Å²) in [6.45, 7) is -0.691. The second-order valence-electron chi connectivity index (χ2n) is 7.48. The van der Waals surface area contributed by atoms with Crippen LogP contribution < -0.4 is 15.4 Å². The normalized spacial score (nSPS) is 24.4.